The highest BCUT2D eigenvalue weighted by Crippen LogP contribution is 2.49. The zero-order chi connectivity index (χ0) is 25.8. The fourth-order valence-electron chi connectivity index (χ4n) is 6.00. The Labute approximate surface area is 213 Å². The van der Waals surface area contributed by atoms with Crippen LogP contribution >= 0.6 is 0 Å². The molecule has 2 aromatic heterocycles. The van der Waals surface area contributed by atoms with Crippen molar-refractivity contribution in [1.29, 1.82) is 5.26 Å². The lowest BCUT2D eigenvalue weighted by Gasteiger charge is -2.58. The third-order valence-electron chi connectivity index (χ3n) is 8.41. The number of nitrogens with zero attached hydrogens (tertiary/aromatic N) is 4. The van der Waals surface area contributed by atoms with E-state index < -0.39 is 11.7 Å². The van der Waals surface area contributed by atoms with Crippen molar-refractivity contribution in [1.82, 2.24) is 9.97 Å². The number of anilines is 3. The van der Waals surface area contributed by atoms with Gasteiger partial charge in [-0.1, -0.05) is 0 Å². The first-order valence-electron chi connectivity index (χ1n) is 12.5. The SMILES string of the molecule is CN(c1ccc2c(n1)NC(=O)CO2)C12CCC(C(O)Cc3c(C#N)cnc4c3NC(=O)CC4)(CC1)OC2. The fraction of sp³-hybridized carbons (Fsp3) is 0.500. The topological polar surface area (TPSA) is 150 Å². The average molecular weight is 505 g/mol. The summed E-state index contributed by atoms with van der Waals surface area (Å²) in [6, 6.07) is 5.85. The Bertz CT molecular complexity index is 1310. The summed E-state index contributed by atoms with van der Waals surface area (Å²) in [5, 5.41) is 26.7. The van der Waals surface area contributed by atoms with Crippen molar-refractivity contribution < 1.29 is 24.2 Å². The Morgan fingerprint density at radius 2 is 2.00 bits per heavy atom. The van der Waals surface area contributed by atoms with Gasteiger partial charge in [-0.2, -0.15) is 5.26 Å². The van der Waals surface area contributed by atoms with Gasteiger partial charge in [0, 0.05) is 32.5 Å². The van der Waals surface area contributed by atoms with E-state index in [1.165, 1.54) is 6.20 Å². The number of likely N-dealkylation sites (N-methyl/N-ethyl adjacent to an activating group) is 1. The number of fused-ring (bicyclic) bond motifs is 5. The quantitative estimate of drug-likeness (QED) is 0.553. The predicted octanol–water partition coefficient (Wildman–Crippen LogP) is 1.69. The van der Waals surface area contributed by atoms with Gasteiger partial charge in [0.25, 0.3) is 5.91 Å². The van der Waals surface area contributed by atoms with Crippen LogP contribution in [0.25, 0.3) is 0 Å². The second kappa shape index (κ2) is 8.68. The molecule has 1 atom stereocenters. The third kappa shape index (κ3) is 3.88. The number of aliphatic hydroxyl groups excluding tert-OH is 1. The number of hydrogen-bond acceptors (Lipinski definition) is 9. The van der Waals surface area contributed by atoms with Crippen LogP contribution < -0.4 is 20.3 Å². The second-order valence-corrected chi connectivity index (χ2v) is 10.3. The number of carbonyl (C=O) groups is 2. The van der Waals surface area contributed by atoms with Crippen LogP contribution in [0.4, 0.5) is 17.3 Å². The van der Waals surface area contributed by atoms with E-state index in [1.807, 2.05) is 19.2 Å². The number of nitriles is 1. The lowest BCUT2D eigenvalue weighted by Crippen LogP contribution is -2.65. The first kappa shape index (κ1) is 23.6. The molecule has 192 valence electrons. The Balaban J connectivity index is 1.20. The molecule has 2 amide bonds. The summed E-state index contributed by atoms with van der Waals surface area (Å²) < 4.78 is 11.8. The van der Waals surface area contributed by atoms with Crippen LogP contribution in [0.5, 0.6) is 5.75 Å². The van der Waals surface area contributed by atoms with Crippen LogP contribution in [0.1, 0.15) is 48.9 Å². The maximum Gasteiger partial charge on any atom is 0.263 e. The molecule has 2 saturated heterocycles. The molecule has 11 heteroatoms. The van der Waals surface area contributed by atoms with E-state index in [2.05, 4.69) is 31.6 Å². The molecule has 2 bridgehead atoms. The van der Waals surface area contributed by atoms with Gasteiger partial charge < -0.3 is 30.1 Å². The number of nitrogens with one attached hydrogen (secondary N) is 2. The number of amides is 2. The number of aliphatic hydroxyl groups is 1. The van der Waals surface area contributed by atoms with Crippen LogP contribution in [0.15, 0.2) is 18.3 Å². The van der Waals surface area contributed by atoms with Crippen molar-refractivity contribution in [2.45, 2.75) is 62.2 Å². The Morgan fingerprint density at radius 1 is 1.19 bits per heavy atom. The number of hydrogen-bond donors (Lipinski definition) is 3. The zero-order valence-corrected chi connectivity index (χ0v) is 20.5. The van der Waals surface area contributed by atoms with E-state index in [0.717, 1.165) is 18.5 Å². The zero-order valence-electron chi connectivity index (χ0n) is 20.5. The number of ether oxygens (including phenoxy) is 2. The van der Waals surface area contributed by atoms with Gasteiger partial charge >= 0.3 is 0 Å². The van der Waals surface area contributed by atoms with E-state index in [4.69, 9.17) is 9.47 Å². The molecule has 0 aromatic carbocycles. The van der Waals surface area contributed by atoms with E-state index >= 15 is 0 Å². The van der Waals surface area contributed by atoms with Crippen molar-refractivity contribution in [2.24, 2.45) is 0 Å². The average Bonchev–Trinajstić information content (AvgIpc) is 2.93. The highest BCUT2D eigenvalue weighted by atomic mass is 16.5. The van der Waals surface area contributed by atoms with Gasteiger partial charge in [-0.3, -0.25) is 14.6 Å². The standard InChI is InChI=1S/C26H28N6O5/c1-32(20-4-3-18-24(29-20)31-22(35)13-36-18)25-6-8-26(9-7-25,37-14-25)19(33)10-16-15(11-27)12-28-17-2-5-21(34)30-23(16)17/h3-4,12,19,33H,2,5-10,13-14H2,1H3,(H,30,34)(H,29,31,35). The molecule has 7 rings (SSSR count). The smallest absolute Gasteiger partial charge is 0.263 e. The van der Waals surface area contributed by atoms with Crippen molar-refractivity contribution in [3.63, 3.8) is 0 Å². The highest BCUT2D eigenvalue weighted by Gasteiger charge is 2.55. The Morgan fingerprint density at radius 3 is 2.73 bits per heavy atom. The molecule has 0 spiro atoms. The molecule has 3 N–H and O–H groups in total. The molecular formula is C26H28N6O5. The lowest BCUT2D eigenvalue weighted by atomic mass is 9.67. The van der Waals surface area contributed by atoms with E-state index in [-0.39, 0.29) is 30.4 Å². The number of rotatable bonds is 5. The first-order chi connectivity index (χ1) is 17.8. The van der Waals surface area contributed by atoms with Gasteiger partial charge in [0.2, 0.25) is 5.91 Å². The second-order valence-electron chi connectivity index (χ2n) is 10.3. The normalized spacial score (nSPS) is 26.6. The van der Waals surface area contributed by atoms with E-state index in [9.17, 15) is 20.0 Å². The summed E-state index contributed by atoms with van der Waals surface area (Å²) in [5.41, 5.74) is 1.26. The summed E-state index contributed by atoms with van der Waals surface area (Å²) in [4.78, 5) is 34.8. The van der Waals surface area contributed by atoms with Gasteiger partial charge in [0.15, 0.2) is 18.2 Å². The molecule has 1 saturated carbocycles. The number of aryl methyl sites for hydroxylation is 1. The molecular weight excluding hydrogens is 476 g/mol. The molecule has 11 nitrogen and oxygen atoms in total. The van der Waals surface area contributed by atoms with Crippen LogP contribution in [-0.2, 0) is 27.2 Å². The molecule has 3 fully saturated rings. The number of pyridine rings is 2. The minimum Gasteiger partial charge on any atom is -0.480 e. The third-order valence-corrected chi connectivity index (χ3v) is 8.41. The summed E-state index contributed by atoms with van der Waals surface area (Å²) in [5.74, 6) is 1.33. The van der Waals surface area contributed by atoms with Crippen LogP contribution in [0.3, 0.4) is 0 Å². The monoisotopic (exact) mass is 504 g/mol. The van der Waals surface area contributed by atoms with E-state index in [1.54, 1.807) is 0 Å². The van der Waals surface area contributed by atoms with E-state index in [0.29, 0.717) is 66.5 Å². The van der Waals surface area contributed by atoms with Gasteiger partial charge in [-0.25, -0.2) is 4.98 Å². The molecule has 37 heavy (non-hydrogen) atoms. The molecule has 2 aromatic rings. The molecule has 1 aliphatic carbocycles. The lowest BCUT2D eigenvalue weighted by molar-refractivity contribution is -0.202. The Kier molecular flexibility index (Phi) is 5.54. The molecule has 5 aliphatic rings. The van der Waals surface area contributed by atoms with Crippen LogP contribution in [0.2, 0.25) is 0 Å². The van der Waals surface area contributed by atoms with Crippen molar-refractivity contribution in [2.75, 3.05) is 35.8 Å². The number of aromatic nitrogens is 2. The fourth-order valence-corrected chi connectivity index (χ4v) is 6.00. The summed E-state index contributed by atoms with van der Waals surface area (Å²) in [7, 11) is 1.98. The largest absolute Gasteiger partial charge is 0.480 e. The van der Waals surface area contributed by atoms with Crippen molar-refractivity contribution in [3.8, 4) is 11.8 Å². The molecule has 6 heterocycles. The summed E-state index contributed by atoms with van der Waals surface area (Å²) in [6.07, 6.45) is 4.61. The number of carbonyl (C=O) groups excluding carboxylic acids is 2. The molecule has 0 radical (unpaired) electrons. The molecule has 1 unspecified atom stereocenters. The van der Waals surface area contributed by atoms with Gasteiger partial charge in [0.05, 0.1) is 40.8 Å². The van der Waals surface area contributed by atoms with Crippen LogP contribution in [0, 0.1) is 11.3 Å². The van der Waals surface area contributed by atoms with Crippen molar-refractivity contribution >= 4 is 29.1 Å². The predicted molar refractivity (Wildman–Crippen MR) is 132 cm³/mol. The summed E-state index contributed by atoms with van der Waals surface area (Å²) in [6.45, 7) is 0.398. The molecule has 4 aliphatic heterocycles. The van der Waals surface area contributed by atoms with Crippen molar-refractivity contribution in [3.05, 3.63) is 35.2 Å². The van der Waals surface area contributed by atoms with Crippen LogP contribution in [-0.4, -0.2) is 64.4 Å². The minimum absolute atomic E-state index is 0.0173. The summed E-state index contributed by atoms with van der Waals surface area (Å²) >= 11 is 0. The minimum atomic E-state index is -0.845. The van der Waals surface area contributed by atoms with Gasteiger partial charge in [-0.15, -0.1) is 0 Å². The van der Waals surface area contributed by atoms with Gasteiger partial charge in [-0.05, 0) is 43.4 Å². The van der Waals surface area contributed by atoms with Gasteiger partial charge in [0.1, 0.15) is 11.9 Å². The maximum atomic E-state index is 12.1. The maximum absolute atomic E-state index is 12.1. The highest BCUT2D eigenvalue weighted by molar-refractivity contribution is 5.95. The first-order valence-corrected chi connectivity index (χ1v) is 12.5. The Hall–Kier alpha value is -3.75.